The highest BCUT2D eigenvalue weighted by Gasteiger charge is 2.14. The predicted octanol–water partition coefficient (Wildman–Crippen LogP) is 4.86. The van der Waals surface area contributed by atoms with Crippen molar-refractivity contribution in [2.24, 2.45) is 5.41 Å². The molecular weight excluding hydrogens is 218 g/mol. The van der Waals surface area contributed by atoms with Crippen LogP contribution in [0.2, 0.25) is 0 Å². The standard InChI is InChI=1S/C17H29N/c1-6-18-16(11-8-12-17(3,4)5)15-10-7-9-14(2)13-15/h7,9-10,13,16,18H,6,8,11-12H2,1-5H3. The van der Waals surface area contributed by atoms with Crippen molar-refractivity contribution in [1.82, 2.24) is 5.32 Å². The summed E-state index contributed by atoms with van der Waals surface area (Å²) in [5.41, 5.74) is 3.24. The fourth-order valence-corrected chi connectivity index (χ4v) is 2.36. The molecule has 18 heavy (non-hydrogen) atoms. The zero-order chi connectivity index (χ0) is 13.6. The van der Waals surface area contributed by atoms with Gasteiger partial charge in [0.05, 0.1) is 0 Å². The van der Waals surface area contributed by atoms with E-state index in [1.807, 2.05) is 0 Å². The van der Waals surface area contributed by atoms with Gasteiger partial charge in [0.15, 0.2) is 0 Å². The highest BCUT2D eigenvalue weighted by molar-refractivity contribution is 5.25. The van der Waals surface area contributed by atoms with Crippen LogP contribution in [0.1, 0.15) is 64.1 Å². The van der Waals surface area contributed by atoms with Gasteiger partial charge in [-0.25, -0.2) is 0 Å². The third kappa shape index (κ3) is 5.68. The van der Waals surface area contributed by atoms with Crippen LogP contribution in [0.3, 0.4) is 0 Å². The van der Waals surface area contributed by atoms with Crippen LogP contribution in [-0.4, -0.2) is 6.54 Å². The van der Waals surface area contributed by atoms with Gasteiger partial charge in [-0.2, -0.15) is 0 Å². The average Bonchev–Trinajstić information content (AvgIpc) is 2.26. The fourth-order valence-electron chi connectivity index (χ4n) is 2.36. The van der Waals surface area contributed by atoms with Crippen molar-refractivity contribution in [3.05, 3.63) is 35.4 Å². The quantitative estimate of drug-likeness (QED) is 0.757. The predicted molar refractivity (Wildman–Crippen MR) is 80.9 cm³/mol. The molecule has 1 N–H and O–H groups in total. The molecule has 0 radical (unpaired) electrons. The summed E-state index contributed by atoms with van der Waals surface area (Å²) in [5, 5.41) is 3.61. The van der Waals surface area contributed by atoms with Gasteiger partial charge < -0.3 is 5.32 Å². The maximum Gasteiger partial charge on any atom is 0.0320 e. The van der Waals surface area contributed by atoms with E-state index < -0.39 is 0 Å². The summed E-state index contributed by atoms with van der Waals surface area (Å²) < 4.78 is 0. The first-order valence-electron chi connectivity index (χ1n) is 7.22. The molecule has 0 aliphatic rings. The van der Waals surface area contributed by atoms with Crippen molar-refractivity contribution in [2.75, 3.05) is 6.54 Å². The maximum absolute atomic E-state index is 3.61. The molecule has 1 atom stereocenters. The zero-order valence-corrected chi connectivity index (χ0v) is 12.7. The van der Waals surface area contributed by atoms with Crippen molar-refractivity contribution in [2.45, 2.75) is 59.9 Å². The van der Waals surface area contributed by atoms with Gasteiger partial charge in [0, 0.05) is 6.04 Å². The molecule has 1 aromatic rings. The van der Waals surface area contributed by atoms with E-state index in [0.717, 1.165) is 6.54 Å². The lowest BCUT2D eigenvalue weighted by atomic mass is 9.88. The van der Waals surface area contributed by atoms with E-state index in [-0.39, 0.29) is 0 Å². The second-order valence-electron chi connectivity index (χ2n) is 6.48. The van der Waals surface area contributed by atoms with Crippen LogP contribution >= 0.6 is 0 Å². The zero-order valence-electron chi connectivity index (χ0n) is 12.7. The molecule has 0 bridgehead atoms. The monoisotopic (exact) mass is 247 g/mol. The number of nitrogens with one attached hydrogen (secondary N) is 1. The van der Waals surface area contributed by atoms with Gasteiger partial charge >= 0.3 is 0 Å². The Hall–Kier alpha value is -0.820. The van der Waals surface area contributed by atoms with Crippen LogP contribution < -0.4 is 5.32 Å². The van der Waals surface area contributed by atoms with E-state index in [1.54, 1.807) is 0 Å². The molecule has 102 valence electrons. The van der Waals surface area contributed by atoms with Crippen molar-refractivity contribution in [3.63, 3.8) is 0 Å². The molecule has 0 amide bonds. The average molecular weight is 247 g/mol. The molecule has 1 aromatic carbocycles. The van der Waals surface area contributed by atoms with Crippen molar-refractivity contribution >= 4 is 0 Å². The summed E-state index contributed by atoms with van der Waals surface area (Å²) in [6.07, 6.45) is 3.81. The summed E-state index contributed by atoms with van der Waals surface area (Å²) in [5.74, 6) is 0. The normalized spacial score (nSPS) is 13.6. The minimum absolute atomic E-state index is 0.448. The largest absolute Gasteiger partial charge is 0.310 e. The van der Waals surface area contributed by atoms with E-state index in [9.17, 15) is 0 Å². The van der Waals surface area contributed by atoms with Gasteiger partial charge in [0.25, 0.3) is 0 Å². The van der Waals surface area contributed by atoms with Crippen LogP contribution in [0, 0.1) is 12.3 Å². The van der Waals surface area contributed by atoms with Crippen molar-refractivity contribution < 1.29 is 0 Å². The van der Waals surface area contributed by atoms with Crippen molar-refractivity contribution in [3.8, 4) is 0 Å². The third-order valence-corrected chi connectivity index (χ3v) is 3.31. The Labute approximate surface area is 113 Å². The van der Waals surface area contributed by atoms with E-state index in [4.69, 9.17) is 0 Å². The Morgan fingerprint density at radius 2 is 1.94 bits per heavy atom. The Morgan fingerprint density at radius 3 is 2.50 bits per heavy atom. The Bertz CT molecular complexity index is 349. The fraction of sp³-hybridized carbons (Fsp3) is 0.647. The summed E-state index contributed by atoms with van der Waals surface area (Å²) in [4.78, 5) is 0. The van der Waals surface area contributed by atoms with E-state index in [0.29, 0.717) is 11.5 Å². The number of hydrogen-bond acceptors (Lipinski definition) is 1. The highest BCUT2D eigenvalue weighted by Crippen LogP contribution is 2.26. The lowest BCUT2D eigenvalue weighted by molar-refractivity contribution is 0.344. The number of rotatable bonds is 6. The number of hydrogen-bond donors (Lipinski definition) is 1. The second kappa shape index (κ2) is 6.94. The summed E-state index contributed by atoms with van der Waals surface area (Å²) in [6, 6.07) is 9.40. The van der Waals surface area contributed by atoms with Crippen LogP contribution in [0.4, 0.5) is 0 Å². The molecule has 0 heterocycles. The maximum atomic E-state index is 3.61. The summed E-state index contributed by atoms with van der Waals surface area (Å²) in [7, 11) is 0. The number of aryl methyl sites for hydroxylation is 1. The highest BCUT2D eigenvalue weighted by atomic mass is 14.9. The first-order chi connectivity index (χ1) is 8.42. The topological polar surface area (TPSA) is 12.0 Å². The van der Waals surface area contributed by atoms with E-state index in [2.05, 4.69) is 64.2 Å². The molecule has 0 aliphatic carbocycles. The van der Waals surface area contributed by atoms with Crippen LogP contribution in [0.5, 0.6) is 0 Å². The van der Waals surface area contributed by atoms with Crippen molar-refractivity contribution in [1.29, 1.82) is 0 Å². The minimum Gasteiger partial charge on any atom is -0.310 e. The molecule has 0 fully saturated rings. The summed E-state index contributed by atoms with van der Waals surface area (Å²) in [6.45, 7) is 12.4. The molecular formula is C17H29N. The summed E-state index contributed by atoms with van der Waals surface area (Å²) >= 11 is 0. The van der Waals surface area contributed by atoms with E-state index in [1.165, 1.54) is 30.4 Å². The van der Waals surface area contributed by atoms with Gasteiger partial charge in [-0.15, -0.1) is 0 Å². The molecule has 0 saturated carbocycles. The number of benzene rings is 1. The SMILES string of the molecule is CCNC(CCCC(C)(C)C)c1cccc(C)c1. The Kier molecular flexibility index (Phi) is 5.87. The lowest BCUT2D eigenvalue weighted by Gasteiger charge is -2.22. The van der Waals surface area contributed by atoms with Gasteiger partial charge in [-0.1, -0.05) is 63.9 Å². The first kappa shape index (κ1) is 15.2. The molecule has 1 heteroatoms. The van der Waals surface area contributed by atoms with Gasteiger partial charge in [0.2, 0.25) is 0 Å². The molecule has 1 unspecified atom stereocenters. The molecule has 0 aliphatic heterocycles. The first-order valence-corrected chi connectivity index (χ1v) is 7.22. The Morgan fingerprint density at radius 1 is 1.22 bits per heavy atom. The molecule has 1 rings (SSSR count). The van der Waals surface area contributed by atoms with E-state index >= 15 is 0 Å². The molecule has 0 spiro atoms. The molecule has 0 aromatic heterocycles. The lowest BCUT2D eigenvalue weighted by Crippen LogP contribution is -2.21. The Balaban J connectivity index is 2.60. The smallest absolute Gasteiger partial charge is 0.0320 e. The van der Waals surface area contributed by atoms with Crippen LogP contribution in [0.15, 0.2) is 24.3 Å². The van der Waals surface area contributed by atoms with Crippen LogP contribution in [0.25, 0.3) is 0 Å². The third-order valence-electron chi connectivity index (χ3n) is 3.31. The minimum atomic E-state index is 0.448. The van der Waals surface area contributed by atoms with Gasteiger partial charge in [0.1, 0.15) is 0 Å². The van der Waals surface area contributed by atoms with Gasteiger partial charge in [-0.3, -0.25) is 0 Å². The molecule has 0 saturated heterocycles. The second-order valence-corrected chi connectivity index (χ2v) is 6.48. The van der Waals surface area contributed by atoms with Gasteiger partial charge in [-0.05, 0) is 37.3 Å². The molecule has 1 nitrogen and oxygen atoms in total. The van der Waals surface area contributed by atoms with Crippen LogP contribution in [-0.2, 0) is 0 Å².